The summed E-state index contributed by atoms with van der Waals surface area (Å²) in [5.41, 5.74) is 3.33. The van der Waals surface area contributed by atoms with Crippen LogP contribution in [0.4, 0.5) is 0 Å². The molecule has 1 rings (SSSR count). The Morgan fingerprint density at radius 1 is 0.667 bits per heavy atom. The van der Waals surface area contributed by atoms with Crippen LogP contribution in [0.2, 0.25) is 0 Å². The van der Waals surface area contributed by atoms with E-state index in [2.05, 4.69) is 23.8 Å². The quantitative estimate of drug-likeness (QED) is 0.320. The van der Waals surface area contributed by atoms with Crippen LogP contribution in [-0.4, -0.2) is 9.97 Å². The molecule has 2 nitrogen and oxygen atoms in total. The number of unbranched alkanes of at least 4 members (excludes halogenated alkanes) is 13. The van der Waals surface area contributed by atoms with Gasteiger partial charge < -0.3 is 0 Å². The first-order valence-electron chi connectivity index (χ1n) is 10.5. The third-order valence-corrected chi connectivity index (χ3v) is 4.94. The summed E-state index contributed by atoms with van der Waals surface area (Å²) in [6, 6.07) is 0. The molecule has 1 heterocycles. The highest BCUT2D eigenvalue weighted by atomic mass is 14.8. The molecule has 0 saturated heterocycles. The Hall–Kier alpha value is -0.920. The van der Waals surface area contributed by atoms with E-state index in [0.29, 0.717) is 0 Å². The largest absolute Gasteiger partial charge is 0.258 e. The predicted octanol–water partition coefficient (Wildman–Crippen LogP) is 7.12. The van der Waals surface area contributed by atoms with E-state index in [-0.39, 0.29) is 0 Å². The molecule has 0 spiro atoms. The minimum absolute atomic E-state index is 1.03. The zero-order valence-electron chi connectivity index (χ0n) is 16.6. The van der Waals surface area contributed by atoms with Gasteiger partial charge in [0, 0.05) is 6.20 Å². The molecule has 0 aliphatic rings. The van der Waals surface area contributed by atoms with Gasteiger partial charge in [-0.2, -0.15) is 0 Å². The lowest BCUT2D eigenvalue weighted by atomic mass is 10.0. The molecule has 0 bridgehead atoms. The summed E-state index contributed by atoms with van der Waals surface area (Å²) >= 11 is 0. The van der Waals surface area contributed by atoms with Crippen LogP contribution in [-0.2, 0) is 6.42 Å². The molecule has 0 amide bonds. The Balaban J connectivity index is 1.84. The maximum atomic E-state index is 4.51. The summed E-state index contributed by atoms with van der Waals surface area (Å²) in [6.07, 6.45) is 22.8. The Morgan fingerprint density at radius 2 is 1.12 bits per heavy atom. The number of aryl methyl sites for hydroxylation is 3. The molecule has 0 atom stereocenters. The van der Waals surface area contributed by atoms with E-state index in [1.165, 1.54) is 95.6 Å². The third kappa shape index (κ3) is 10.8. The topological polar surface area (TPSA) is 25.8 Å². The van der Waals surface area contributed by atoms with Gasteiger partial charge in [0.05, 0.1) is 17.1 Å². The molecular weight excluding hydrogens is 292 g/mol. The van der Waals surface area contributed by atoms with Gasteiger partial charge in [0.25, 0.3) is 0 Å². The van der Waals surface area contributed by atoms with Gasteiger partial charge in [0.15, 0.2) is 0 Å². The minimum Gasteiger partial charge on any atom is -0.258 e. The van der Waals surface area contributed by atoms with Crippen LogP contribution < -0.4 is 0 Å². The van der Waals surface area contributed by atoms with E-state index in [1.807, 2.05) is 13.1 Å². The Labute approximate surface area is 150 Å². The van der Waals surface area contributed by atoms with Gasteiger partial charge in [0.2, 0.25) is 0 Å². The van der Waals surface area contributed by atoms with Crippen molar-refractivity contribution in [1.29, 1.82) is 0 Å². The lowest BCUT2D eigenvalue weighted by molar-refractivity contribution is 0.535. The standard InChI is InChI=1S/C22H40N2/c1-4-5-6-7-8-9-10-11-12-13-14-15-16-17-18-22-21(3)24-20(2)19-23-22/h19H,4-18H2,1-3H3. The van der Waals surface area contributed by atoms with Gasteiger partial charge in [-0.25, -0.2) is 0 Å². The fourth-order valence-electron chi connectivity index (χ4n) is 3.36. The average molecular weight is 333 g/mol. The van der Waals surface area contributed by atoms with Gasteiger partial charge in [-0.05, 0) is 26.7 Å². The average Bonchev–Trinajstić information content (AvgIpc) is 2.57. The van der Waals surface area contributed by atoms with Crippen molar-refractivity contribution in [2.45, 2.75) is 117 Å². The number of hydrogen-bond donors (Lipinski definition) is 0. The molecule has 0 fully saturated rings. The van der Waals surface area contributed by atoms with E-state index in [9.17, 15) is 0 Å². The molecule has 0 unspecified atom stereocenters. The van der Waals surface area contributed by atoms with Crippen molar-refractivity contribution in [2.75, 3.05) is 0 Å². The zero-order chi connectivity index (χ0) is 17.5. The van der Waals surface area contributed by atoms with E-state index in [4.69, 9.17) is 0 Å². The Morgan fingerprint density at radius 3 is 1.58 bits per heavy atom. The summed E-state index contributed by atoms with van der Waals surface area (Å²) in [7, 11) is 0. The van der Waals surface area contributed by atoms with Crippen molar-refractivity contribution in [3.63, 3.8) is 0 Å². The number of aromatic nitrogens is 2. The number of rotatable bonds is 15. The molecule has 138 valence electrons. The van der Waals surface area contributed by atoms with Gasteiger partial charge in [-0.3, -0.25) is 9.97 Å². The molecule has 2 heteroatoms. The summed E-state index contributed by atoms with van der Waals surface area (Å²) in [4.78, 5) is 9.01. The molecule has 0 aromatic carbocycles. The number of hydrogen-bond acceptors (Lipinski definition) is 2. The van der Waals surface area contributed by atoms with E-state index in [0.717, 1.165) is 17.8 Å². The monoisotopic (exact) mass is 332 g/mol. The summed E-state index contributed by atoms with van der Waals surface area (Å²) < 4.78 is 0. The number of nitrogens with zero attached hydrogens (tertiary/aromatic N) is 2. The van der Waals surface area contributed by atoms with Crippen LogP contribution in [0.25, 0.3) is 0 Å². The second kappa shape index (κ2) is 14.4. The van der Waals surface area contributed by atoms with E-state index in [1.54, 1.807) is 0 Å². The molecule has 0 saturated carbocycles. The summed E-state index contributed by atoms with van der Waals surface area (Å²) in [5.74, 6) is 0. The van der Waals surface area contributed by atoms with Crippen LogP contribution in [0.1, 0.15) is 114 Å². The Kier molecular flexibility index (Phi) is 12.7. The Bertz CT molecular complexity index is 414. The van der Waals surface area contributed by atoms with E-state index >= 15 is 0 Å². The fraction of sp³-hybridized carbons (Fsp3) is 0.818. The van der Waals surface area contributed by atoms with Crippen molar-refractivity contribution >= 4 is 0 Å². The van der Waals surface area contributed by atoms with E-state index < -0.39 is 0 Å². The van der Waals surface area contributed by atoms with Crippen molar-refractivity contribution in [2.24, 2.45) is 0 Å². The van der Waals surface area contributed by atoms with Crippen LogP contribution >= 0.6 is 0 Å². The van der Waals surface area contributed by atoms with Crippen molar-refractivity contribution in [3.05, 3.63) is 23.3 Å². The lowest BCUT2D eigenvalue weighted by Crippen LogP contribution is -1.98. The smallest absolute Gasteiger partial charge is 0.0616 e. The van der Waals surface area contributed by atoms with Gasteiger partial charge in [-0.1, -0.05) is 90.4 Å². The molecule has 0 radical (unpaired) electrons. The molecule has 1 aromatic heterocycles. The molecule has 0 N–H and O–H groups in total. The minimum atomic E-state index is 1.03. The van der Waals surface area contributed by atoms with Crippen molar-refractivity contribution in [1.82, 2.24) is 9.97 Å². The van der Waals surface area contributed by atoms with Crippen LogP contribution in [0.5, 0.6) is 0 Å². The van der Waals surface area contributed by atoms with Gasteiger partial charge in [-0.15, -0.1) is 0 Å². The highest BCUT2D eigenvalue weighted by molar-refractivity contribution is 5.11. The maximum Gasteiger partial charge on any atom is 0.0616 e. The molecular formula is C22H40N2. The van der Waals surface area contributed by atoms with Gasteiger partial charge in [0.1, 0.15) is 0 Å². The first-order valence-corrected chi connectivity index (χ1v) is 10.5. The maximum absolute atomic E-state index is 4.51. The highest BCUT2D eigenvalue weighted by Crippen LogP contribution is 2.14. The molecule has 0 aliphatic heterocycles. The second-order valence-electron chi connectivity index (χ2n) is 7.39. The fourth-order valence-corrected chi connectivity index (χ4v) is 3.36. The van der Waals surface area contributed by atoms with Crippen molar-refractivity contribution < 1.29 is 0 Å². The van der Waals surface area contributed by atoms with Crippen LogP contribution in [0, 0.1) is 13.8 Å². The normalized spacial score (nSPS) is 11.1. The first-order chi connectivity index (χ1) is 11.7. The molecule has 0 aliphatic carbocycles. The molecule has 24 heavy (non-hydrogen) atoms. The first kappa shape index (κ1) is 21.1. The summed E-state index contributed by atoms with van der Waals surface area (Å²) in [6.45, 7) is 6.38. The van der Waals surface area contributed by atoms with Crippen LogP contribution in [0.15, 0.2) is 6.20 Å². The third-order valence-electron chi connectivity index (χ3n) is 4.94. The SMILES string of the molecule is CCCCCCCCCCCCCCCCc1ncc(C)nc1C. The van der Waals surface area contributed by atoms with Gasteiger partial charge >= 0.3 is 0 Å². The zero-order valence-corrected chi connectivity index (χ0v) is 16.6. The summed E-state index contributed by atoms with van der Waals surface area (Å²) in [5, 5.41) is 0. The second-order valence-corrected chi connectivity index (χ2v) is 7.39. The van der Waals surface area contributed by atoms with Crippen LogP contribution in [0.3, 0.4) is 0 Å². The predicted molar refractivity (Wildman–Crippen MR) is 106 cm³/mol. The highest BCUT2D eigenvalue weighted by Gasteiger charge is 2.01. The van der Waals surface area contributed by atoms with Crippen molar-refractivity contribution in [3.8, 4) is 0 Å². The molecule has 1 aromatic rings. The lowest BCUT2D eigenvalue weighted by Gasteiger charge is -2.05.